The van der Waals surface area contributed by atoms with E-state index in [0.717, 1.165) is 0 Å². The summed E-state index contributed by atoms with van der Waals surface area (Å²) in [6.07, 6.45) is -0.709. The molecule has 2 aliphatic rings. The normalized spacial score (nSPS) is 30.7. The van der Waals surface area contributed by atoms with E-state index in [1.807, 2.05) is 0 Å². The third-order valence-corrected chi connectivity index (χ3v) is 5.53. The second-order valence-corrected chi connectivity index (χ2v) is 8.25. The van der Waals surface area contributed by atoms with E-state index in [1.165, 1.54) is 28.7 Å². The minimum absolute atomic E-state index is 0.0496. The Bertz CT molecular complexity index is 720. The summed E-state index contributed by atoms with van der Waals surface area (Å²) >= 11 is 0. The molecule has 16 heteroatoms. The van der Waals surface area contributed by atoms with Crippen molar-refractivity contribution in [1.82, 2.24) is 10.4 Å². The van der Waals surface area contributed by atoms with Gasteiger partial charge in [-0.25, -0.2) is 14.6 Å². The predicted molar refractivity (Wildman–Crippen MR) is 83.9 cm³/mol. The molecule has 0 saturated carbocycles. The number of hydrogen-bond acceptors (Lipinski definition) is 10. The van der Waals surface area contributed by atoms with Crippen LogP contribution in [0.2, 0.25) is 0 Å². The minimum Gasteiger partial charge on any atom is -0.394 e. The van der Waals surface area contributed by atoms with Gasteiger partial charge in [-0.05, 0) is 6.08 Å². The SMILES string of the molecule is O=C(NOP(=O)(O)OP(=O)(O)O)C1=CC=CN([C@@H]2O[C@H](CO)[C@@H](O)[C@H]2O)C1. The molecule has 27 heavy (non-hydrogen) atoms. The van der Waals surface area contributed by atoms with Crippen LogP contribution in [0.3, 0.4) is 0 Å². The Labute approximate surface area is 152 Å². The highest BCUT2D eigenvalue weighted by molar-refractivity contribution is 7.60. The molecule has 5 atom stereocenters. The standard InChI is InChI=1S/C11H18N2O12P2/c14-5-7-8(15)9(16)11(23-7)13-3-1-2-6(4-13)10(17)12-24-27(21,22)25-26(18,19)20/h1-3,7-9,11,14-16H,4-5H2,(H,12,17)(H,21,22)(H2,18,19,20)/t7-,8-,9-,11-/m1/s1. The average Bonchev–Trinajstić information content (AvgIpc) is 2.86. The van der Waals surface area contributed by atoms with Crippen molar-refractivity contribution in [2.24, 2.45) is 0 Å². The zero-order chi connectivity index (χ0) is 20.4. The van der Waals surface area contributed by atoms with Crippen LogP contribution in [0.1, 0.15) is 0 Å². The van der Waals surface area contributed by atoms with Gasteiger partial charge in [0.2, 0.25) is 0 Å². The van der Waals surface area contributed by atoms with E-state index < -0.39 is 52.7 Å². The number of carbonyl (C=O) groups is 1. The van der Waals surface area contributed by atoms with Gasteiger partial charge in [-0.3, -0.25) is 4.79 Å². The van der Waals surface area contributed by atoms with E-state index in [-0.39, 0.29) is 12.1 Å². The highest BCUT2D eigenvalue weighted by Crippen LogP contribution is 2.56. The van der Waals surface area contributed by atoms with Crippen LogP contribution in [-0.4, -0.2) is 78.5 Å². The van der Waals surface area contributed by atoms with Gasteiger partial charge in [-0.15, -0.1) is 0 Å². The third kappa shape index (κ3) is 5.91. The smallest absolute Gasteiger partial charge is 0.394 e. The fraction of sp³-hybridized carbons (Fsp3) is 0.545. The molecule has 0 aromatic carbocycles. The Morgan fingerprint density at radius 2 is 1.96 bits per heavy atom. The molecule has 0 aromatic heterocycles. The minimum atomic E-state index is -5.34. The lowest BCUT2D eigenvalue weighted by molar-refractivity contribution is -0.125. The fourth-order valence-electron chi connectivity index (χ4n) is 2.36. The summed E-state index contributed by atoms with van der Waals surface area (Å²) in [6, 6.07) is 0. The largest absolute Gasteiger partial charge is 0.502 e. The predicted octanol–water partition coefficient (Wildman–Crippen LogP) is -2.56. The Kier molecular flexibility index (Phi) is 6.95. The first-order valence-electron chi connectivity index (χ1n) is 7.27. The molecule has 14 nitrogen and oxygen atoms in total. The first-order valence-corrected chi connectivity index (χ1v) is 10.3. The van der Waals surface area contributed by atoms with Gasteiger partial charge >= 0.3 is 15.6 Å². The van der Waals surface area contributed by atoms with Crippen molar-refractivity contribution in [3.63, 3.8) is 0 Å². The molecule has 2 aliphatic heterocycles. The van der Waals surface area contributed by atoms with E-state index >= 15 is 0 Å². The zero-order valence-corrected chi connectivity index (χ0v) is 15.2. The maximum absolute atomic E-state index is 12.0. The lowest BCUT2D eigenvalue weighted by Gasteiger charge is -2.31. The summed E-state index contributed by atoms with van der Waals surface area (Å²) in [5.74, 6) is -1.04. The maximum atomic E-state index is 12.0. The summed E-state index contributed by atoms with van der Waals surface area (Å²) in [5.41, 5.74) is 1.47. The number of nitrogens with zero attached hydrogens (tertiary/aromatic N) is 1. The number of amides is 1. The Morgan fingerprint density at radius 1 is 1.30 bits per heavy atom. The van der Waals surface area contributed by atoms with Crippen LogP contribution in [0.4, 0.5) is 0 Å². The summed E-state index contributed by atoms with van der Waals surface area (Å²) in [7, 11) is -10.6. The molecule has 1 amide bonds. The molecule has 2 heterocycles. The van der Waals surface area contributed by atoms with E-state index in [1.54, 1.807) is 0 Å². The van der Waals surface area contributed by atoms with Crippen molar-refractivity contribution in [1.29, 1.82) is 0 Å². The van der Waals surface area contributed by atoms with E-state index in [9.17, 15) is 24.1 Å². The van der Waals surface area contributed by atoms with Crippen molar-refractivity contribution in [3.05, 3.63) is 23.9 Å². The Hall–Kier alpha value is -1.15. The number of allylic oxidation sites excluding steroid dienone is 2. The average molecular weight is 432 g/mol. The molecule has 2 rings (SSSR count). The quantitative estimate of drug-likeness (QED) is 0.163. The number of nitrogens with one attached hydrogen (secondary N) is 1. The molecule has 0 bridgehead atoms. The van der Waals surface area contributed by atoms with Gasteiger partial charge in [0.15, 0.2) is 6.23 Å². The lowest BCUT2D eigenvalue weighted by atomic mass is 10.1. The van der Waals surface area contributed by atoms with Crippen LogP contribution in [0, 0.1) is 0 Å². The van der Waals surface area contributed by atoms with Crippen LogP contribution >= 0.6 is 15.6 Å². The molecule has 0 aromatic rings. The molecule has 1 saturated heterocycles. The third-order valence-electron chi connectivity index (χ3n) is 3.53. The molecule has 154 valence electrons. The van der Waals surface area contributed by atoms with Crippen molar-refractivity contribution in [3.8, 4) is 0 Å². The fourth-order valence-corrected chi connectivity index (χ4v) is 3.77. The van der Waals surface area contributed by atoms with Gasteiger partial charge < -0.3 is 39.6 Å². The molecular formula is C11H18N2O12P2. The maximum Gasteiger partial charge on any atom is 0.502 e. The molecule has 0 radical (unpaired) electrons. The molecule has 0 aliphatic carbocycles. The van der Waals surface area contributed by atoms with Gasteiger partial charge in [0, 0.05) is 11.8 Å². The van der Waals surface area contributed by atoms with Crippen LogP contribution < -0.4 is 5.48 Å². The molecule has 1 unspecified atom stereocenters. The van der Waals surface area contributed by atoms with Crippen molar-refractivity contribution >= 4 is 21.6 Å². The Balaban J connectivity index is 1.95. The van der Waals surface area contributed by atoms with E-state index in [0.29, 0.717) is 0 Å². The van der Waals surface area contributed by atoms with Crippen molar-refractivity contribution in [2.75, 3.05) is 13.2 Å². The first-order chi connectivity index (χ1) is 12.4. The molecule has 1 fully saturated rings. The van der Waals surface area contributed by atoms with Crippen LogP contribution in [0.15, 0.2) is 23.9 Å². The number of phosphoric acid groups is 2. The lowest BCUT2D eigenvalue weighted by Crippen LogP contribution is -2.44. The van der Waals surface area contributed by atoms with Gasteiger partial charge in [0.1, 0.15) is 18.3 Å². The van der Waals surface area contributed by atoms with Crippen LogP contribution in [0.5, 0.6) is 0 Å². The summed E-state index contributed by atoms with van der Waals surface area (Å²) in [5, 5.41) is 28.8. The first kappa shape index (κ1) is 22.1. The number of hydroxylamine groups is 1. The number of rotatable bonds is 7. The number of hydrogen-bond donors (Lipinski definition) is 7. The molecular weight excluding hydrogens is 414 g/mol. The van der Waals surface area contributed by atoms with Gasteiger partial charge in [0.05, 0.1) is 13.2 Å². The van der Waals surface area contributed by atoms with E-state index in [2.05, 4.69) is 8.94 Å². The topological polar surface area (TPSA) is 216 Å². The number of carbonyl (C=O) groups excluding carboxylic acids is 1. The van der Waals surface area contributed by atoms with Crippen LogP contribution in [0.25, 0.3) is 0 Å². The molecule has 7 N–H and O–H groups in total. The van der Waals surface area contributed by atoms with Crippen molar-refractivity contribution in [2.45, 2.75) is 24.5 Å². The monoisotopic (exact) mass is 432 g/mol. The highest BCUT2D eigenvalue weighted by Gasteiger charge is 2.45. The van der Waals surface area contributed by atoms with E-state index in [4.69, 9.17) is 24.5 Å². The number of ether oxygens (including phenoxy) is 1. The summed E-state index contributed by atoms with van der Waals surface area (Å²) < 4.78 is 34.7. The number of aliphatic hydroxyl groups excluding tert-OH is 3. The summed E-state index contributed by atoms with van der Waals surface area (Å²) in [4.78, 5) is 39.4. The zero-order valence-electron chi connectivity index (χ0n) is 13.4. The Morgan fingerprint density at radius 3 is 2.52 bits per heavy atom. The van der Waals surface area contributed by atoms with Gasteiger partial charge in [0.25, 0.3) is 5.91 Å². The highest BCUT2D eigenvalue weighted by atomic mass is 31.3. The van der Waals surface area contributed by atoms with Crippen LogP contribution in [-0.2, 0) is 27.6 Å². The van der Waals surface area contributed by atoms with Crippen molar-refractivity contribution < 1.29 is 57.6 Å². The van der Waals surface area contributed by atoms with Gasteiger partial charge in [-0.2, -0.15) is 8.94 Å². The second-order valence-electron chi connectivity index (χ2n) is 5.50. The number of aliphatic hydroxyl groups is 3. The second kappa shape index (κ2) is 8.47. The van der Waals surface area contributed by atoms with Gasteiger partial charge in [-0.1, -0.05) is 6.08 Å². The molecule has 0 spiro atoms. The summed E-state index contributed by atoms with van der Waals surface area (Å²) in [6.45, 7) is -0.720.